The molecular formula is C16H24N2O3. The number of benzene rings is 1. The van der Waals surface area contributed by atoms with Crippen molar-refractivity contribution >= 4 is 11.6 Å². The zero-order chi connectivity index (χ0) is 15.2. The summed E-state index contributed by atoms with van der Waals surface area (Å²) in [5.41, 5.74) is 3.34. The number of aliphatic hydroxyl groups is 1. The zero-order valence-corrected chi connectivity index (χ0v) is 12.8. The fourth-order valence-electron chi connectivity index (χ4n) is 2.74. The third kappa shape index (κ3) is 4.52. The first kappa shape index (κ1) is 15.9. The molecule has 1 aromatic carbocycles. The van der Waals surface area contributed by atoms with Gasteiger partial charge in [-0.15, -0.1) is 0 Å². The Morgan fingerprint density at radius 2 is 2.33 bits per heavy atom. The maximum atomic E-state index is 11.2. The Kier molecular flexibility index (Phi) is 5.73. The summed E-state index contributed by atoms with van der Waals surface area (Å²) in [5, 5.41) is 12.8. The lowest BCUT2D eigenvalue weighted by Crippen LogP contribution is -2.38. The van der Waals surface area contributed by atoms with Gasteiger partial charge in [0.15, 0.2) is 0 Å². The number of aliphatic hydroxyl groups excluding tert-OH is 1. The molecule has 1 aliphatic rings. The van der Waals surface area contributed by atoms with Crippen LogP contribution in [0.4, 0.5) is 5.69 Å². The number of carbonyl (C=O) groups is 1. The van der Waals surface area contributed by atoms with Crippen LogP contribution < -0.4 is 5.32 Å². The molecule has 5 heteroatoms. The lowest BCUT2D eigenvalue weighted by Gasteiger charge is -2.31. The molecule has 21 heavy (non-hydrogen) atoms. The lowest BCUT2D eigenvalue weighted by atomic mass is 9.97. The van der Waals surface area contributed by atoms with Crippen LogP contribution in [0.5, 0.6) is 0 Å². The van der Waals surface area contributed by atoms with Gasteiger partial charge in [-0.3, -0.25) is 9.69 Å². The summed E-state index contributed by atoms with van der Waals surface area (Å²) in [6, 6.07) is 5.99. The number of hydrogen-bond acceptors (Lipinski definition) is 4. The third-order valence-corrected chi connectivity index (χ3v) is 3.64. The van der Waals surface area contributed by atoms with Gasteiger partial charge in [-0.1, -0.05) is 12.1 Å². The number of nitrogens with zero attached hydrogens (tertiary/aromatic N) is 1. The number of ether oxygens (including phenoxy) is 1. The molecule has 1 aromatic rings. The molecule has 116 valence electrons. The number of carbonyl (C=O) groups excluding carboxylic acids is 1. The zero-order valence-electron chi connectivity index (χ0n) is 12.8. The number of amides is 1. The maximum absolute atomic E-state index is 11.2. The molecule has 1 amide bonds. The number of fused-ring (bicyclic) bond motifs is 1. The molecule has 0 radical (unpaired) electrons. The van der Waals surface area contributed by atoms with Gasteiger partial charge in [0.1, 0.15) is 0 Å². The van der Waals surface area contributed by atoms with E-state index in [4.69, 9.17) is 4.74 Å². The average molecular weight is 292 g/mol. The fraction of sp³-hybridized carbons (Fsp3) is 0.562. The van der Waals surface area contributed by atoms with Crippen molar-refractivity contribution in [2.45, 2.75) is 32.9 Å². The van der Waals surface area contributed by atoms with Crippen molar-refractivity contribution in [2.75, 3.05) is 31.6 Å². The van der Waals surface area contributed by atoms with E-state index in [2.05, 4.69) is 16.3 Å². The summed E-state index contributed by atoms with van der Waals surface area (Å²) < 4.78 is 5.24. The Morgan fingerprint density at radius 3 is 3.05 bits per heavy atom. The summed E-state index contributed by atoms with van der Waals surface area (Å²) in [6.07, 6.45) is 0.428. The minimum atomic E-state index is -0.454. The summed E-state index contributed by atoms with van der Waals surface area (Å²) in [5.74, 6) is -0.0435. The van der Waals surface area contributed by atoms with E-state index in [1.807, 2.05) is 19.1 Å². The summed E-state index contributed by atoms with van der Waals surface area (Å²) >= 11 is 0. The van der Waals surface area contributed by atoms with E-state index in [0.29, 0.717) is 19.8 Å². The van der Waals surface area contributed by atoms with E-state index in [1.165, 1.54) is 18.1 Å². The van der Waals surface area contributed by atoms with E-state index >= 15 is 0 Å². The second kappa shape index (κ2) is 7.54. The Bertz CT molecular complexity index is 490. The van der Waals surface area contributed by atoms with Gasteiger partial charge in [0.25, 0.3) is 0 Å². The molecule has 1 aliphatic heterocycles. The van der Waals surface area contributed by atoms with E-state index in [1.54, 1.807) is 0 Å². The molecule has 0 fully saturated rings. The van der Waals surface area contributed by atoms with Gasteiger partial charge in [0.05, 0.1) is 12.7 Å². The summed E-state index contributed by atoms with van der Waals surface area (Å²) in [4.78, 5) is 13.5. The number of β-amino-alcohol motifs (C(OH)–C–C–N with tert-alkyl or cyclic N) is 1. The summed E-state index contributed by atoms with van der Waals surface area (Å²) in [6.45, 7) is 6.75. The van der Waals surface area contributed by atoms with Crippen LogP contribution in [0.15, 0.2) is 18.2 Å². The van der Waals surface area contributed by atoms with E-state index < -0.39 is 6.10 Å². The van der Waals surface area contributed by atoms with Crippen molar-refractivity contribution in [1.29, 1.82) is 0 Å². The van der Waals surface area contributed by atoms with Gasteiger partial charge >= 0.3 is 0 Å². The Balaban J connectivity index is 1.99. The van der Waals surface area contributed by atoms with E-state index in [0.717, 1.165) is 25.2 Å². The normalized spacial score (nSPS) is 16.3. The fourth-order valence-corrected chi connectivity index (χ4v) is 2.74. The number of nitrogens with one attached hydrogen (secondary N) is 1. The smallest absolute Gasteiger partial charge is 0.221 e. The standard InChI is InChI=1S/C16H24N2O3/c1-3-21-11-14(20)10-18-8-7-15-13(9-18)5-4-6-16(15)17-12(2)19/h4-6,14,20H,3,7-11H2,1-2H3,(H,17,19)/t14-/m1/s1. The van der Waals surface area contributed by atoms with Gasteiger partial charge in [0, 0.05) is 38.9 Å². The Hall–Kier alpha value is -1.43. The van der Waals surface area contributed by atoms with Gasteiger partial charge in [-0.25, -0.2) is 0 Å². The van der Waals surface area contributed by atoms with Crippen molar-refractivity contribution in [1.82, 2.24) is 4.90 Å². The molecule has 0 bridgehead atoms. The van der Waals surface area contributed by atoms with Gasteiger partial charge in [-0.05, 0) is 30.5 Å². The van der Waals surface area contributed by atoms with E-state index in [-0.39, 0.29) is 5.91 Å². The molecule has 0 aliphatic carbocycles. The van der Waals surface area contributed by atoms with Crippen LogP contribution >= 0.6 is 0 Å². The maximum Gasteiger partial charge on any atom is 0.221 e. The van der Waals surface area contributed by atoms with Crippen LogP contribution in [0.3, 0.4) is 0 Å². The molecule has 0 unspecified atom stereocenters. The molecule has 0 spiro atoms. The number of rotatable bonds is 6. The second-order valence-corrected chi connectivity index (χ2v) is 5.42. The molecule has 1 atom stereocenters. The number of anilines is 1. The molecule has 2 N–H and O–H groups in total. The average Bonchev–Trinajstić information content (AvgIpc) is 2.44. The predicted molar refractivity (Wildman–Crippen MR) is 82.2 cm³/mol. The third-order valence-electron chi connectivity index (χ3n) is 3.64. The van der Waals surface area contributed by atoms with Crippen LogP contribution in [-0.4, -0.2) is 48.3 Å². The highest BCUT2D eigenvalue weighted by Gasteiger charge is 2.20. The van der Waals surface area contributed by atoms with Crippen LogP contribution in [0.25, 0.3) is 0 Å². The van der Waals surface area contributed by atoms with Crippen molar-refractivity contribution in [3.05, 3.63) is 29.3 Å². The first-order chi connectivity index (χ1) is 10.1. The van der Waals surface area contributed by atoms with Crippen molar-refractivity contribution in [2.24, 2.45) is 0 Å². The van der Waals surface area contributed by atoms with E-state index in [9.17, 15) is 9.90 Å². The Morgan fingerprint density at radius 1 is 1.52 bits per heavy atom. The van der Waals surface area contributed by atoms with Crippen LogP contribution in [-0.2, 0) is 22.5 Å². The largest absolute Gasteiger partial charge is 0.389 e. The van der Waals surface area contributed by atoms with Gasteiger partial charge in [0.2, 0.25) is 5.91 Å². The monoisotopic (exact) mass is 292 g/mol. The second-order valence-electron chi connectivity index (χ2n) is 5.42. The first-order valence-electron chi connectivity index (χ1n) is 7.46. The van der Waals surface area contributed by atoms with Crippen molar-refractivity contribution in [3.63, 3.8) is 0 Å². The van der Waals surface area contributed by atoms with Gasteiger partial charge < -0.3 is 15.2 Å². The predicted octanol–water partition coefficient (Wildman–Crippen LogP) is 1.40. The molecule has 0 saturated heterocycles. The quantitative estimate of drug-likeness (QED) is 0.832. The van der Waals surface area contributed by atoms with Gasteiger partial charge in [-0.2, -0.15) is 0 Å². The van der Waals surface area contributed by atoms with Crippen LogP contribution in [0.1, 0.15) is 25.0 Å². The molecular weight excluding hydrogens is 268 g/mol. The highest BCUT2D eigenvalue weighted by Crippen LogP contribution is 2.26. The van der Waals surface area contributed by atoms with Crippen LogP contribution in [0, 0.1) is 0 Å². The minimum Gasteiger partial charge on any atom is -0.389 e. The lowest BCUT2D eigenvalue weighted by molar-refractivity contribution is -0.114. The Labute approximate surface area is 125 Å². The summed E-state index contributed by atoms with van der Waals surface area (Å²) in [7, 11) is 0. The molecule has 0 saturated carbocycles. The first-order valence-corrected chi connectivity index (χ1v) is 7.46. The molecule has 2 rings (SSSR count). The minimum absolute atomic E-state index is 0.0435. The highest BCUT2D eigenvalue weighted by atomic mass is 16.5. The highest BCUT2D eigenvalue weighted by molar-refractivity contribution is 5.89. The topological polar surface area (TPSA) is 61.8 Å². The van der Waals surface area contributed by atoms with Crippen LogP contribution in [0.2, 0.25) is 0 Å². The van der Waals surface area contributed by atoms with Crippen molar-refractivity contribution in [3.8, 4) is 0 Å². The molecule has 1 heterocycles. The number of hydrogen-bond donors (Lipinski definition) is 2. The molecule has 0 aromatic heterocycles. The van der Waals surface area contributed by atoms with Crippen molar-refractivity contribution < 1.29 is 14.6 Å². The SMILES string of the molecule is CCOC[C@H](O)CN1CCc2c(cccc2NC(C)=O)C1. The molecule has 5 nitrogen and oxygen atoms in total.